The minimum atomic E-state index is -4.41. The number of nitrogens with one attached hydrogen (secondary N) is 2. The van der Waals surface area contributed by atoms with Gasteiger partial charge in [0.25, 0.3) is 0 Å². The molecule has 158 valence electrons. The second-order valence-corrected chi connectivity index (χ2v) is 7.18. The van der Waals surface area contributed by atoms with Crippen LogP contribution in [-0.4, -0.2) is 32.3 Å². The van der Waals surface area contributed by atoms with Crippen molar-refractivity contribution in [2.75, 3.05) is 26.3 Å². The van der Waals surface area contributed by atoms with Gasteiger partial charge >= 0.3 is 12.2 Å². The van der Waals surface area contributed by atoms with Gasteiger partial charge in [0.15, 0.2) is 0 Å². The normalized spacial score (nSPS) is 15.6. The Balaban J connectivity index is 1.53. The number of benzene rings is 2. The molecule has 0 bridgehead atoms. The van der Waals surface area contributed by atoms with Crippen LogP contribution in [0.15, 0.2) is 54.6 Å². The number of amides is 2. The fraction of sp³-hybridized carbons (Fsp3) is 0.348. The molecule has 3 rings (SSSR count). The van der Waals surface area contributed by atoms with Crippen molar-refractivity contribution in [1.82, 2.24) is 10.6 Å². The fourth-order valence-corrected chi connectivity index (χ4v) is 3.48. The van der Waals surface area contributed by atoms with E-state index in [9.17, 15) is 18.0 Å². The lowest BCUT2D eigenvalue weighted by atomic mass is 9.74. The molecule has 0 radical (unpaired) electrons. The van der Waals surface area contributed by atoms with Gasteiger partial charge in [-0.2, -0.15) is 13.2 Å². The molecule has 0 aliphatic carbocycles. The summed E-state index contributed by atoms with van der Waals surface area (Å²) in [6, 6.07) is 14.5. The van der Waals surface area contributed by atoms with Crippen molar-refractivity contribution >= 4 is 6.03 Å². The highest BCUT2D eigenvalue weighted by Gasteiger charge is 2.34. The molecule has 0 aromatic heterocycles. The number of rotatable bonds is 4. The van der Waals surface area contributed by atoms with Gasteiger partial charge in [0.1, 0.15) is 0 Å². The monoisotopic (exact) mass is 416 g/mol. The van der Waals surface area contributed by atoms with E-state index in [-0.39, 0.29) is 23.6 Å². The van der Waals surface area contributed by atoms with E-state index in [1.807, 2.05) is 18.2 Å². The summed E-state index contributed by atoms with van der Waals surface area (Å²) in [6.45, 7) is 1.78. The van der Waals surface area contributed by atoms with Crippen LogP contribution < -0.4 is 10.6 Å². The SMILES string of the molecule is O=C(NCC#Cc1cccc(C(F)(F)F)c1)NCC1(c2ccccc2)CCOCC1. The van der Waals surface area contributed by atoms with Crippen LogP contribution in [0.3, 0.4) is 0 Å². The Kier molecular flexibility index (Phi) is 7.01. The smallest absolute Gasteiger partial charge is 0.381 e. The van der Waals surface area contributed by atoms with Crippen LogP contribution in [0.5, 0.6) is 0 Å². The van der Waals surface area contributed by atoms with Crippen LogP contribution in [0, 0.1) is 11.8 Å². The van der Waals surface area contributed by atoms with Crippen LogP contribution in [0.25, 0.3) is 0 Å². The molecule has 0 saturated carbocycles. The molecule has 0 spiro atoms. The van der Waals surface area contributed by atoms with E-state index in [1.165, 1.54) is 12.1 Å². The molecule has 4 nitrogen and oxygen atoms in total. The third-order valence-electron chi connectivity index (χ3n) is 5.18. The van der Waals surface area contributed by atoms with Gasteiger partial charge in [0.05, 0.1) is 12.1 Å². The Morgan fingerprint density at radius 2 is 1.77 bits per heavy atom. The van der Waals surface area contributed by atoms with Gasteiger partial charge in [0, 0.05) is 30.7 Å². The molecule has 30 heavy (non-hydrogen) atoms. The van der Waals surface area contributed by atoms with Crippen LogP contribution in [0.2, 0.25) is 0 Å². The summed E-state index contributed by atoms with van der Waals surface area (Å²) in [5, 5.41) is 5.53. The maximum atomic E-state index is 12.7. The van der Waals surface area contributed by atoms with Crippen LogP contribution in [-0.2, 0) is 16.3 Å². The number of hydrogen-bond donors (Lipinski definition) is 2. The Morgan fingerprint density at radius 3 is 2.47 bits per heavy atom. The first-order chi connectivity index (χ1) is 14.4. The molecular formula is C23H23F3N2O2. The molecule has 2 aromatic carbocycles. The number of carbonyl (C=O) groups is 1. The summed E-state index contributed by atoms with van der Waals surface area (Å²) in [6.07, 6.45) is -2.78. The van der Waals surface area contributed by atoms with Crippen molar-refractivity contribution in [1.29, 1.82) is 0 Å². The van der Waals surface area contributed by atoms with Crippen LogP contribution in [0.1, 0.15) is 29.5 Å². The Morgan fingerprint density at radius 1 is 1.03 bits per heavy atom. The highest BCUT2D eigenvalue weighted by atomic mass is 19.4. The van der Waals surface area contributed by atoms with Crippen molar-refractivity contribution in [3.63, 3.8) is 0 Å². The highest BCUT2D eigenvalue weighted by Crippen LogP contribution is 2.34. The zero-order valence-electron chi connectivity index (χ0n) is 16.4. The Hall–Kier alpha value is -2.98. The fourth-order valence-electron chi connectivity index (χ4n) is 3.48. The number of urea groups is 1. The molecule has 1 heterocycles. The standard InChI is InChI=1S/C23H23F3N2O2/c24-23(25,26)20-10-4-6-18(16-20)7-5-13-27-21(29)28-17-22(11-14-30-15-12-22)19-8-2-1-3-9-19/h1-4,6,8-10,16H,11-15,17H2,(H2,27,28,29). The zero-order valence-corrected chi connectivity index (χ0v) is 16.4. The number of hydrogen-bond acceptors (Lipinski definition) is 2. The van der Waals surface area contributed by atoms with E-state index < -0.39 is 11.7 Å². The molecule has 2 N–H and O–H groups in total. The van der Waals surface area contributed by atoms with Gasteiger partial charge in [-0.05, 0) is 36.6 Å². The number of carbonyl (C=O) groups excluding carboxylic acids is 1. The van der Waals surface area contributed by atoms with E-state index in [4.69, 9.17) is 4.74 Å². The summed E-state index contributed by atoms with van der Waals surface area (Å²) < 4.78 is 43.7. The van der Waals surface area contributed by atoms with Gasteiger partial charge in [-0.3, -0.25) is 0 Å². The average molecular weight is 416 g/mol. The van der Waals surface area contributed by atoms with Crippen molar-refractivity contribution in [2.45, 2.75) is 24.4 Å². The minimum absolute atomic E-state index is 0.0313. The average Bonchev–Trinajstić information content (AvgIpc) is 2.76. The third-order valence-corrected chi connectivity index (χ3v) is 5.18. The number of alkyl halides is 3. The van der Waals surface area contributed by atoms with Crippen LogP contribution in [0.4, 0.5) is 18.0 Å². The molecule has 7 heteroatoms. The van der Waals surface area contributed by atoms with E-state index in [2.05, 4.69) is 34.6 Å². The predicted molar refractivity (Wildman–Crippen MR) is 108 cm³/mol. The van der Waals surface area contributed by atoms with Crippen molar-refractivity contribution < 1.29 is 22.7 Å². The summed E-state index contributed by atoms with van der Waals surface area (Å²) in [5.74, 6) is 5.32. The molecule has 1 aliphatic heterocycles. The van der Waals surface area contributed by atoms with Gasteiger partial charge in [-0.1, -0.05) is 48.2 Å². The Labute approximate surface area is 173 Å². The highest BCUT2D eigenvalue weighted by molar-refractivity contribution is 5.74. The summed E-state index contributed by atoms with van der Waals surface area (Å²) in [4.78, 5) is 12.2. The minimum Gasteiger partial charge on any atom is -0.381 e. The molecular weight excluding hydrogens is 393 g/mol. The van der Waals surface area contributed by atoms with Crippen molar-refractivity contribution in [3.05, 3.63) is 71.3 Å². The maximum absolute atomic E-state index is 12.7. The molecule has 1 fully saturated rings. The van der Waals surface area contributed by atoms with Gasteiger partial charge in [-0.15, -0.1) is 0 Å². The third kappa shape index (κ3) is 5.77. The van der Waals surface area contributed by atoms with Gasteiger partial charge in [-0.25, -0.2) is 4.79 Å². The van der Waals surface area contributed by atoms with Crippen molar-refractivity contribution in [2.24, 2.45) is 0 Å². The van der Waals surface area contributed by atoms with E-state index in [1.54, 1.807) is 0 Å². The quantitative estimate of drug-likeness (QED) is 0.738. The summed E-state index contributed by atoms with van der Waals surface area (Å²) in [7, 11) is 0. The predicted octanol–water partition coefficient (Wildman–Crippen LogP) is 4.10. The lowest BCUT2D eigenvalue weighted by molar-refractivity contribution is -0.137. The molecule has 1 aliphatic rings. The van der Waals surface area contributed by atoms with Crippen molar-refractivity contribution in [3.8, 4) is 11.8 Å². The molecule has 2 amide bonds. The number of ether oxygens (including phenoxy) is 1. The lowest BCUT2D eigenvalue weighted by Gasteiger charge is -2.37. The van der Waals surface area contributed by atoms with E-state index in [0.29, 0.717) is 19.8 Å². The topological polar surface area (TPSA) is 50.4 Å². The lowest BCUT2D eigenvalue weighted by Crippen LogP contribution is -2.47. The summed E-state index contributed by atoms with van der Waals surface area (Å²) >= 11 is 0. The first-order valence-electron chi connectivity index (χ1n) is 9.70. The van der Waals surface area contributed by atoms with Crippen LogP contribution >= 0.6 is 0 Å². The summed E-state index contributed by atoms with van der Waals surface area (Å²) in [5.41, 5.74) is 0.485. The first-order valence-corrected chi connectivity index (χ1v) is 9.70. The maximum Gasteiger partial charge on any atom is 0.416 e. The number of halogens is 3. The first kappa shape index (κ1) is 21.7. The molecule has 0 atom stereocenters. The zero-order chi connectivity index (χ0) is 21.5. The van der Waals surface area contributed by atoms with Gasteiger partial charge in [0.2, 0.25) is 0 Å². The molecule has 1 saturated heterocycles. The molecule has 2 aromatic rings. The second-order valence-electron chi connectivity index (χ2n) is 7.18. The largest absolute Gasteiger partial charge is 0.416 e. The van der Waals surface area contributed by atoms with E-state index >= 15 is 0 Å². The second kappa shape index (κ2) is 9.68. The van der Waals surface area contributed by atoms with Gasteiger partial charge < -0.3 is 15.4 Å². The molecule has 0 unspecified atom stereocenters. The van der Waals surface area contributed by atoms with E-state index in [0.717, 1.165) is 30.5 Å². The Bertz CT molecular complexity index is 911.